The van der Waals surface area contributed by atoms with Gasteiger partial charge in [0.15, 0.2) is 5.78 Å². The third-order valence-electron chi connectivity index (χ3n) is 5.08. The van der Waals surface area contributed by atoms with Crippen molar-refractivity contribution in [2.45, 2.75) is 13.0 Å². The third kappa shape index (κ3) is 5.01. The van der Waals surface area contributed by atoms with Crippen molar-refractivity contribution in [2.75, 3.05) is 10.6 Å². The Hall–Kier alpha value is -4.59. The van der Waals surface area contributed by atoms with Gasteiger partial charge < -0.3 is 10.6 Å². The minimum Gasteiger partial charge on any atom is -0.353 e. The smallest absolute Gasteiger partial charge is 0.353 e. The summed E-state index contributed by atoms with van der Waals surface area (Å²) in [4.78, 5) is 31.5. The lowest BCUT2D eigenvalue weighted by atomic mass is 9.99. The average Bonchev–Trinajstić information content (AvgIpc) is 2.83. The van der Waals surface area contributed by atoms with Gasteiger partial charge in [0.1, 0.15) is 6.33 Å². The van der Waals surface area contributed by atoms with Gasteiger partial charge >= 0.3 is 5.69 Å². The van der Waals surface area contributed by atoms with Crippen molar-refractivity contribution >= 4 is 28.8 Å². The van der Waals surface area contributed by atoms with Crippen LogP contribution in [0.15, 0.2) is 91.3 Å². The molecule has 0 saturated carbocycles. The summed E-state index contributed by atoms with van der Waals surface area (Å²) in [7, 11) is 0. The van der Waals surface area contributed by atoms with Crippen LogP contribution in [0.25, 0.3) is 0 Å². The zero-order valence-corrected chi connectivity index (χ0v) is 17.8. The number of anilines is 3. The highest BCUT2D eigenvalue weighted by Crippen LogP contribution is 2.35. The van der Waals surface area contributed by atoms with Gasteiger partial charge in [0.25, 0.3) is 0 Å². The summed E-state index contributed by atoms with van der Waals surface area (Å²) in [6, 6.07) is 25.6. The molecule has 4 rings (SSSR count). The van der Waals surface area contributed by atoms with Gasteiger partial charge in [0.05, 0.1) is 11.0 Å². The molecule has 0 aliphatic rings. The molecular formula is C25H21N5O3. The number of ketones is 1. The molecule has 0 bridgehead atoms. The van der Waals surface area contributed by atoms with Crippen LogP contribution in [0.3, 0.4) is 0 Å². The van der Waals surface area contributed by atoms with E-state index in [1.54, 1.807) is 24.3 Å². The standard InChI is InChI=1S/C25H21N5O3/c1-17(31)20-13-8-14-21(15-20)28-24-23(30(32)33)25(27-16-26-24)29-22(18-9-4-2-5-10-18)19-11-6-3-7-12-19/h2-16,22H,1H3,(H2,26,27,28,29). The van der Waals surface area contributed by atoms with Crippen LogP contribution in [0.2, 0.25) is 0 Å². The highest BCUT2D eigenvalue weighted by molar-refractivity contribution is 5.95. The van der Waals surface area contributed by atoms with Gasteiger partial charge in [-0.25, -0.2) is 9.97 Å². The molecule has 3 aromatic carbocycles. The normalized spacial score (nSPS) is 10.6. The summed E-state index contributed by atoms with van der Waals surface area (Å²) in [5.41, 5.74) is 2.57. The number of Topliss-reactive ketones (excluding diaryl/α,β-unsaturated/α-hetero) is 1. The van der Waals surface area contributed by atoms with Crippen LogP contribution in [-0.4, -0.2) is 20.7 Å². The predicted octanol–water partition coefficient (Wildman–Crippen LogP) is 5.53. The molecule has 1 aromatic heterocycles. The summed E-state index contributed by atoms with van der Waals surface area (Å²) in [5, 5.41) is 18.2. The van der Waals surface area contributed by atoms with Crippen molar-refractivity contribution in [3.05, 3.63) is 118 Å². The molecular weight excluding hydrogens is 418 g/mol. The molecule has 0 aliphatic heterocycles. The van der Waals surface area contributed by atoms with Crippen LogP contribution in [0.5, 0.6) is 0 Å². The van der Waals surface area contributed by atoms with E-state index in [1.807, 2.05) is 60.7 Å². The van der Waals surface area contributed by atoms with Gasteiger partial charge in [-0.1, -0.05) is 72.8 Å². The van der Waals surface area contributed by atoms with Crippen molar-refractivity contribution in [3.8, 4) is 0 Å². The minimum absolute atomic E-state index is 0.0260. The van der Waals surface area contributed by atoms with E-state index in [1.165, 1.54) is 13.3 Å². The van der Waals surface area contributed by atoms with Gasteiger partial charge in [0.2, 0.25) is 11.6 Å². The van der Waals surface area contributed by atoms with E-state index in [2.05, 4.69) is 20.6 Å². The first-order chi connectivity index (χ1) is 16.0. The predicted molar refractivity (Wildman–Crippen MR) is 127 cm³/mol. The van der Waals surface area contributed by atoms with Crippen LogP contribution in [0.4, 0.5) is 23.0 Å². The lowest BCUT2D eigenvalue weighted by Gasteiger charge is -2.20. The zero-order chi connectivity index (χ0) is 23.2. The van der Waals surface area contributed by atoms with E-state index in [-0.39, 0.29) is 29.1 Å². The fraction of sp³-hybridized carbons (Fsp3) is 0.0800. The van der Waals surface area contributed by atoms with Gasteiger partial charge in [-0.05, 0) is 30.2 Å². The Kier molecular flexibility index (Phi) is 6.36. The molecule has 33 heavy (non-hydrogen) atoms. The molecule has 8 nitrogen and oxygen atoms in total. The summed E-state index contributed by atoms with van der Waals surface area (Å²) in [6.07, 6.45) is 1.26. The first kappa shape index (κ1) is 21.6. The number of nitrogens with zero attached hydrogens (tertiary/aromatic N) is 3. The molecule has 0 amide bonds. The molecule has 0 radical (unpaired) electrons. The third-order valence-corrected chi connectivity index (χ3v) is 5.08. The van der Waals surface area contributed by atoms with Gasteiger partial charge in [-0.3, -0.25) is 14.9 Å². The number of hydrogen-bond acceptors (Lipinski definition) is 7. The maximum Gasteiger partial charge on any atom is 0.353 e. The summed E-state index contributed by atoms with van der Waals surface area (Å²) in [6.45, 7) is 1.46. The van der Waals surface area contributed by atoms with E-state index < -0.39 is 4.92 Å². The fourth-order valence-corrected chi connectivity index (χ4v) is 3.49. The van der Waals surface area contributed by atoms with Crippen LogP contribution in [0.1, 0.15) is 34.5 Å². The Morgan fingerprint density at radius 1 is 0.879 bits per heavy atom. The van der Waals surface area contributed by atoms with Crippen LogP contribution < -0.4 is 10.6 Å². The van der Waals surface area contributed by atoms with Crippen molar-refractivity contribution < 1.29 is 9.72 Å². The fourth-order valence-electron chi connectivity index (χ4n) is 3.49. The Labute approximate surface area is 190 Å². The second-order valence-electron chi connectivity index (χ2n) is 7.34. The maximum absolute atomic E-state index is 12.1. The number of nitrogens with one attached hydrogen (secondary N) is 2. The number of carbonyl (C=O) groups excluding carboxylic acids is 1. The largest absolute Gasteiger partial charge is 0.353 e. The molecule has 8 heteroatoms. The van der Waals surface area contributed by atoms with Crippen molar-refractivity contribution in [1.82, 2.24) is 9.97 Å². The number of hydrogen-bond donors (Lipinski definition) is 2. The maximum atomic E-state index is 12.1. The molecule has 0 unspecified atom stereocenters. The Morgan fingerprint density at radius 2 is 1.48 bits per heavy atom. The molecule has 2 N–H and O–H groups in total. The van der Waals surface area contributed by atoms with Crippen molar-refractivity contribution in [2.24, 2.45) is 0 Å². The van der Waals surface area contributed by atoms with Gasteiger partial charge in [-0.15, -0.1) is 0 Å². The van der Waals surface area contributed by atoms with Gasteiger partial charge in [-0.2, -0.15) is 0 Å². The molecule has 0 atom stereocenters. The topological polar surface area (TPSA) is 110 Å². The van der Waals surface area contributed by atoms with Crippen LogP contribution in [0, 0.1) is 10.1 Å². The van der Waals surface area contributed by atoms with E-state index in [0.29, 0.717) is 11.3 Å². The first-order valence-corrected chi connectivity index (χ1v) is 10.3. The number of aromatic nitrogens is 2. The van der Waals surface area contributed by atoms with E-state index >= 15 is 0 Å². The Balaban J connectivity index is 1.74. The average molecular weight is 439 g/mol. The summed E-state index contributed by atoms with van der Waals surface area (Å²) in [5.74, 6) is 0.00256. The van der Waals surface area contributed by atoms with Crippen LogP contribution >= 0.6 is 0 Å². The summed E-state index contributed by atoms with van der Waals surface area (Å²) < 4.78 is 0. The van der Waals surface area contributed by atoms with Crippen molar-refractivity contribution in [1.29, 1.82) is 0 Å². The number of carbonyl (C=O) groups is 1. The Morgan fingerprint density at radius 3 is 2.06 bits per heavy atom. The molecule has 1 heterocycles. The SMILES string of the molecule is CC(=O)c1cccc(Nc2ncnc(NC(c3ccccc3)c3ccccc3)c2[N+](=O)[O-])c1. The van der Waals surface area contributed by atoms with E-state index in [4.69, 9.17) is 0 Å². The first-order valence-electron chi connectivity index (χ1n) is 10.3. The molecule has 4 aromatic rings. The van der Waals surface area contributed by atoms with Gasteiger partial charge in [0, 0.05) is 11.3 Å². The second-order valence-corrected chi connectivity index (χ2v) is 7.34. The molecule has 0 aliphatic carbocycles. The lowest BCUT2D eigenvalue weighted by Crippen LogP contribution is -2.15. The molecule has 0 spiro atoms. The van der Waals surface area contributed by atoms with Crippen molar-refractivity contribution in [3.63, 3.8) is 0 Å². The number of benzene rings is 3. The van der Waals surface area contributed by atoms with Crippen LogP contribution in [-0.2, 0) is 0 Å². The van der Waals surface area contributed by atoms with E-state index in [9.17, 15) is 14.9 Å². The summed E-state index contributed by atoms with van der Waals surface area (Å²) >= 11 is 0. The molecule has 0 fully saturated rings. The molecule has 164 valence electrons. The number of rotatable bonds is 8. The highest BCUT2D eigenvalue weighted by Gasteiger charge is 2.26. The zero-order valence-electron chi connectivity index (χ0n) is 17.8. The number of nitro groups is 1. The minimum atomic E-state index is -0.521. The molecule has 0 saturated heterocycles. The highest BCUT2D eigenvalue weighted by atomic mass is 16.6. The second kappa shape index (κ2) is 9.69. The quantitative estimate of drug-likeness (QED) is 0.211. The monoisotopic (exact) mass is 439 g/mol. The lowest BCUT2D eigenvalue weighted by molar-refractivity contribution is -0.383. The van der Waals surface area contributed by atoms with E-state index in [0.717, 1.165) is 11.1 Å². The Bertz CT molecular complexity index is 1240.